The van der Waals surface area contributed by atoms with Crippen molar-refractivity contribution in [2.45, 2.75) is 16.8 Å². The van der Waals surface area contributed by atoms with Gasteiger partial charge in [0.15, 0.2) is 5.16 Å². The fourth-order valence-electron chi connectivity index (χ4n) is 2.80. The zero-order valence-corrected chi connectivity index (χ0v) is 15.2. The number of ether oxygens (including phenoxy) is 1. The first kappa shape index (κ1) is 17.9. The van der Waals surface area contributed by atoms with Crippen LogP contribution < -0.4 is 5.56 Å². The van der Waals surface area contributed by atoms with E-state index < -0.39 is 28.4 Å². The SMILES string of the molecule is O=C1OCC[C@H]1Sc1nc2ccc(Cl)cc2c(=O)n1-c1ccc(F)cc1F. The number of esters is 1. The van der Waals surface area contributed by atoms with Crippen LogP contribution in [0.3, 0.4) is 0 Å². The van der Waals surface area contributed by atoms with E-state index in [9.17, 15) is 18.4 Å². The van der Waals surface area contributed by atoms with E-state index in [0.717, 1.165) is 28.5 Å². The second-order valence-corrected chi connectivity index (χ2v) is 7.46. The minimum absolute atomic E-state index is 0.115. The van der Waals surface area contributed by atoms with E-state index in [1.54, 1.807) is 12.1 Å². The normalized spacial score (nSPS) is 16.7. The largest absolute Gasteiger partial charge is 0.465 e. The van der Waals surface area contributed by atoms with Crippen molar-refractivity contribution >= 4 is 40.2 Å². The Hall–Kier alpha value is -2.45. The lowest BCUT2D eigenvalue weighted by Crippen LogP contribution is -2.24. The number of halogens is 3. The Morgan fingerprint density at radius 1 is 1.19 bits per heavy atom. The molecular weight excluding hydrogens is 398 g/mol. The topological polar surface area (TPSA) is 61.2 Å². The number of hydrogen-bond acceptors (Lipinski definition) is 5. The molecule has 5 nitrogen and oxygen atoms in total. The van der Waals surface area contributed by atoms with Crippen LogP contribution in [-0.2, 0) is 9.53 Å². The molecule has 0 unspecified atom stereocenters. The van der Waals surface area contributed by atoms with Gasteiger partial charge in [-0.15, -0.1) is 0 Å². The molecule has 0 bridgehead atoms. The van der Waals surface area contributed by atoms with Gasteiger partial charge in [0, 0.05) is 17.5 Å². The summed E-state index contributed by atoms with van der Waals surface area (Å²) in [6, 6.07) is 7.47. The van der Waals surface area contributed by atoms with E-state index in [1.807, 2.05) is 0 Å². The number of cyclic esters (lactones) is 1. The molecule has 1 aliphatic heterocycles. The van der Waals surface area contributed by atoms with Crippen LogP contribution in [0.25, 0.3) is 16.6 Å². The number of nitrogens with zero attached hydrogens (tertiary/aromatic N) is 2. The van der Waals surface area contributed by atoms with Crippen molar-refractivity contribution in [2.75, 3.05) is 6.61 Å². The highest BCUT2D eigenvalue weighted by atomic mass is 35.5. The molecule has 2 aromatic carbocycles. The zero-order chi connectivity index (χ0) is 19.1. The van der Waals surface area contributed by atoms with Gasteiger partial charge in [0.1, 0.15) is 16.9 Å². The Labute approximate surface area is 160 Å². The van der Waals surface area contributed by atoms with Crippen LogP contribution in [0.1, 0.15) is 6.42 Å². The van der Waals surface area contributed by atoms with Crippen molar-refractivity contribution in [1.29, 1.82) is 0 Å². The summed E-state index contributed by atoms with van der Waals surface area (Å²) in [6.07, 6.45) is 0.448. The molecule has 0 N–H and O–H groups in total. The van der Waals surface area contributed by atoms with Crippen LogP contribution >= 0.6 is 23.4 Å². The molecule has 1 saturated heterocycles. The highest BCUT2D eigenvalue weighted by Gasteiger charge is 2.30. The maximum Gasteiger partial charge on any atom is 0.319 e. The Bertz CT molecular complexity index is 1140. The third-order valence-corrected chi connectivity index (χ3v) is 5.52. The summed E-state index contributed by atoms with van der Waals surface area (Å²) < 4.78 is 33.7. The van der Waals surface area contributed by atoms with E-state index in [-0.39, 0.29) is 22.8 Å². The van der Waals surface area contributed by atoms with Gasteiger partial charge in [-0.2, -0.15) is 0 Å². The molecule has 138 valence electrons. The lowest BCUT2D eigenvalue weighted by Gasteiger charge is -2.15. The van der Waals surface area contributed by atoms with Gasteiger partial charge in [-0.3, -0.25) is 14.2 Å². The molecule has 27 heavy (non-hydrogen) atoms. The summed E-state index contributed by atoms with van der Waals surface area (Å²) in [6.45, 7) is 0.273. The van der Waals surface area contributed by atoms with Crippen molar-refractivity contribution < 1.29 is 18.3 Å². The molecule has 1 aliphatic rings. The molecule has 9 heteroatoms. The monoisotopic (exact) mass is 408 g/mol. The molecule has 1 fully saturated rings. The smallest absolute Gasteiger partial charge is 0.319 e. The Kier molecular flexibility index (Phi) is 4.61. The second-order valence-electron chi connectivity index (χ2n) is 5.85. The number of benzene rings is 2. The Balaban J connectivity index is 1.97. The number of carbonyl (C=O) groups is 1. The van der Waals surface area contributed by atoms with Crippen molar-refractivity contribution in [3.8, 4) is 5.69 Å². The minimum atomic E-state index is -0.920. The third kappa shape index (κ3) is 3.30. The van der Waals surface area contributed by atoms with Crippen molar-refractivity contribution in [1.82, 2.24) is 9.55 Å². The first-order valence-electron chi connectivity index (χ1n) is 7.95. The van der Waals surface area contributed by atoms with Crippen LogP contribution in [0.5, 0.6) is 0 Å². The lowest BCUT2D eigenvalue weighted by molar-refractivity contribution is -0.137. The van der Waals surface area contributed by atoms with Crippen LogP contribution in [0, 0.1) is 11.6 Å². The Morgan fingerprint density at radius 3 is 2.70 bits per heavy atom. The highest BCUT2D eigenvalue weighted by Crippen LogP contribution is 2.31. The van der Waals surface area contributed by atoms with Gasteiger partial charge in [-0.1, -0.05) is 23.4 Å². The van der Waals surface area contributed by atoms with Crippen molar-refractivity contribution in [3.05, 3.63) is 63.4 Å². The minimum Gasteiger partial charge on any atom is -0.465 e. The third-order valence-electron chi connectivity index (χ3n) is 4.09. The summed E-state index contributed by atoms with van der Waals surface area (Å²) in [5.41, 5.74) is -0.372. The number of rotatable bonds is 3. The van der Waals surface area contributed by atoms with Crippen LogP contribution in [0.4, 0.5) is 8.78 Å². The summed E-state index contributed by atoms with van der Waals surface area (Å²) in [5, 5.41) is 0.0671. The molecule has 0 spiro atoms. The van der Waals surface area contributed by atoms with E-state index in [1.165, 1.54) is 6.07 Å². The molecular formula is C18H11ClF2N2O3S. The summed E-state index contributed by atoms with van der Waals surface area (Å²) in [5.74, 6) is -2.11. The predicted molar refractivity (Wildman–Crippen MR) is 97.5 cm³/mol. The number of aromatic nitrogens is 2. The summed E-state index contributed by atoms with van der Waals surface area (Å²) in [4.78, 5) is 29.3. The van der Waals surface area contributed by atoms with Gasteiger partial charge in [0.05, 0.1) is 23.2 Å². The van der Waals surface area contributed by atoms with Gasteiger partial charge in [0.25, 0.3) is 5.56 Å². The van der Waals surface area contributed by atoms with Gasteiger partial charge >= 0.3 is 5.97 Å². The molecule has 1 aromatic heterocycles. The van der Waals surface area contributed by atoms with E-state index >= 15 is 0 Å². The fourth-order valence-corrected chi connectivity index (χ4v) is 4.05. The van der Waals surface area contributed by atoms with E-state index in [2.05, 4.69) is 4.98 Å². The van der Waals surface area contributed by atoms with E-state index in [4.69, 9.17) is 16.3 Å². The Morgan fingerprint density at radius 2 is 2.00 bits per heavy atom. The first-order chi connectivity index (χ1) is 12.9. The average molecular weight is 409 g/mol. The number of hydrogen-bond donors (Lipinski definition) is 0. The maximum absolute atomic E-state index is 14.4. The molecule has 0 saturated carbocycles. The van der Waals surface area contributed by atoms with Gasteiger partial charge < -0.3 is 4.74 Å². The molecule has 0 amide bonds. The summed E-state index contributed by atoms with van der Waals surface area (Å²) in [7, 11) is 0. The van der Waals surface area contributed by atoms with Crippen LogP contribution in [0.2, 0.25) is 5.02 Å². The molecule has 3 aromatic rings. The zero-order valence-electron chi connectivity index (χ0n) is 13.6. The van der Waals surface area contributed by atoms with E-state index in [0.29, 0.717) is 23.0 Å². The predicted octanol–water partition coefficient (Wildman–Crippen LogP) is 3.72. The highest BCUT2D eigenvalue weighted by molar-refractivity contribution is 8.00. The average Bonchev–Trinajstić information content (AvgIpc) is 3.02. The first-order valence-corrected chi connectivity index (χ1v) is 9.21. The molecule has 4 rings (SSSR count). The lowest BCUT2D eigenvalue weighted by atomic mass is 10.2. The molecule has 2 heterocycles. The van der Waals surface area contributed by atoms with Crippen molar-refractivity contribution in [3.63, 3.8) is 0 Å². The van der Waals surface area contributed by atoms with Gasteiger partial charge in [0.2, 0.25) is 0 Å². The van der Waals surface area contributed by atoms with Gasteiger partial charge in [-0.05, 0) is 30.3 Å². The van der Waals surface area contributed by atoms with Gasteiger partial charge in [-0.25, -0.2) is 13.8 Å². The standard InChI is InChI=1S/C18H11ClF2N2O3S/c19-9-1-3-13-11(7-9)16(24)23(14-4-2-10(20)8-12(14)21)18(22-13)27-15-5-6-26-17(15)25/h1-4,7-8,15H,5-6H2/t15-/m1/s1. The second kappa shape index (κ2) is 6.94. The molecule has 0 aliphatic carbocycles. The molecule has 0 radical (unpaired) electrons. The number of carbonyl (C=O) groups excluding carboxylic acids is 1. The molecule has 1 atom stereocenters. The van der Waals surface area contributed by atoms with Crippen molar-refractivity contribution in [2.24, 2.45) is 0 Å². The number of thioether (sulfide) groups is 1. The van der Waals surface area contributed by atoms with Crippen LogP contribution in [-0.4, -0.2) is 27.4 Å². The van der Waals surface area contributed by atoms with Crippen LogP contribution in [0.15, 0.2) is 46.3 Å². The summed E-state index contributed by atoms with van der Waals surface area (Å²) >= 11 is 6.98. The fraction of sp³-hybridized carbons (Fsp3) is 0.167. The quantitative estimate of drug-likeness (QED) is 0.488. The maximum atomic E-state index is 14.4. The number of fused-ring (bicyclic) bond motifs is 1.